The lowest BCUT2D eigenvalue weighted by atomic mass is 10.1. The van der Waals surface area contributed by atoms with Gasteiger partial charge in [0.05, 0.1) is 10.4 Å². The number of aromatic nitrogens is 1. The molecule has 0 N–H and O–H groups in total. The summed E-state index contributed by atoms with van der Waals surface area (Å²) in [4.78, 5) is 24.1. The number of hydrogen-bond donors (Lipinski definition) is 0. The van der Waals surface area contributed by atoms with Crippen LogP contribution in [-0.2, 0) is 0 Å². The lowest BCUT2D eigenvalue weighted by Gasteiger charge is -2.30. The fraction of sp³-hybridized carbons (Fsp3) is 0.400. The summed E-state index contributed by atoms with van der Waals surface area (Å²) in [5.41, 5.74) is 1.44. The van der Waals surface area contributed by atoms with Gasteiger partial charge in [-0.15, -0.1) is 0 Å². The van der Waals surface area contributed by atoms with E-state index in [0.29, 0.717) is 11.6 Å². The van der Waals surface area contributed by atoms with Crippen molar-refractivity contribution in [2.45, 2.75) is 18.9 Å². The Morgan fingerprint density at radius 3 is 2.67 bits per heavy atom. The third-order valence-electron chi connectivity index (χ3n) is 4.27. The van der Waals surface area contributed by atoms with E-state index in [-0.39, 0.29) is 5.69 Å². The van der Waals surface area contributed by atoms with Gasteiger partial charge < -0.3 is 9.47 Å². The van der Waals surface area contributed by atoms with Crippen LogP contribution in [0.15, 0.2) is 24.4 Å². The van der Waals surface area contributed by atoms with Crippen LogP contribution in [0.1, 0.15) is 29.2 Å². The predicted molar refractivity (Wildman–Crippen MR) is 79.7 cm³/mol. The molecule has 0 aliphatic carbocycles. The standard InChI is InChI=1S/C15H17N3O3/c1-16-6-4-12(5-7-16)17-9-11(10-19)14-3-2-13(18(20)21)8-15(14)17/h2-3,8-10,12H,4-7H2,1H3. The number of likely N-dealkylation sites (tertiary alicyclic amines) is 1. The zero-order chi connectivity index (χ0) is 15.0. The molecule has 0 unspecified atom stereocenters. The van der Waals surface area contributed by atoms with Crippen LogP contribution < -0.4 is 0 Å². The summed E-state index contributed by atoms with van der Waals surface area (Å²) in [5, 5.41) is 11.8. The predicted octanol–water partition coefficient (Wildman–Crippen LogP) is 2.63. The first-order valence-electron chi connectivity index (χ1n) is 7.03. The monoisotopic (exact) mass is 287 g/mol. The Morgan fingerprint density at radius 2 is 2.05 bits per heavy atom. The number of carbonyl (C=O) groups excluding carboxylic acids is 1. The van der Waals surface area contributed by atoms with E-state index < -0.39 is 4.92 Å². The van der Waals surface area contributed by atoms with E-state index in [9.17, 15) is 14.9 Å². The first-order valence-corrected chi connectivity index (χ1v) is 7.03. The number of non-ortho nitro benzene ring substituents is 1. The molecule has 1 fully saturated rings. The summed E-state index contributed by atoms with van der Waals surface area (Å²) in [7, 11) is 2.09. The minimum absolute atomic E-state index is 0.0622. The molecule has 2 heterocycles. The van der Waals surface area contributed by atoms with E-state index in [1.54, 1.807) is 12.1 Å². The summed E-state index contributed by atoms with van der Waals surface area (Å²) in [6.07, 6.45) is 4.62. The van der Waals surface area contributed by atoms with Crippen molar-refractivity contribution in [3.05, 3.63) is 40.1 Å². The van der Waals surface area contributed by atoms with Gasteiger partial charge in [-0.3, -0.25) is 14.9 Å². The number of aldehydes is 1. The molecule has 1 aliphatic rings. The SMILES string of the molecule is CN1CCC(n2cc(C=O)c3ccc([N+](=O)[O-])cc32)CC1. The Labute approximate surface area is 122 Å². The van der Waals surface area contributed by atoms with Gasteiger partial charge in [0.1, 0.15) is 0 Å². The molecule has 0 bridgehead atoms. The Morgan fingerprint density at radius 1 is 1.33 bits per heavy atom. The fourth-order valence-corrected chi connectivity index (χ4v) is 3.05. The van der Waals surface area contributed by atoms with Crippen LogP contribution >= 0.6 is 0 Å². The van der Waals surface area contributed by atoms with Crippen LogP contribution in [0.2, 0.25) is 0 Å². The molecule has 0 spiro atoms. The normalized spacial score (nSPS) is 17.2. The second-order valence-electron chi connectivity index (χ2n) is 5.60. The second-order valence-corrected chi connectivity index (χ2v) is 5.60. The number of nitrogens with zero attached hydrogens (tertiary/aromatic N) is 3. The second kappa shape index (κ2) is 5.29. The smallest absolute Gasteiger partial charge is 0.271 e. The average Bonchev–Trinajstić information content (AvgIpc) is 2.86. The molecule has 3 rings (SSSR count). The third-order valence-corrected chi connectivity index (χ3v) is 4.27. The Bertz CT molecular complexity index is 699. The highest BCUT2D eigenvalue weighted by molar-refractivity contribution is 5.98. The fourth-order valence-electron chi connectivity index (χ4n) is 3.05. The molecule has 1 aromatic heterocycles. The van der Waals surface area contributed by atoms with E-state index in [1.807, 2.05) is 10.8 Å². The maximum atomic E-state index is 11.2. The van der Waals surface area contributed by atoms with Crippen molar-refractivity contribution in [2.75, 3.05) is 20.1 Å². The molecule has 1 saturated heterocycles. The summed E-state index contributed by atoms with van der Waals surface area (Å²) in [5.74, 6) is 0. The van der Waals surface area contributed by atoms with Crippen molar-refractivity contribution in [1.82, 2.24) is 9.47 Å². The van der Waals surface area contributed by atoms with Gasteiger partial charge in [0.2, 0.25) is 0 Å². The number of rotatable bonds is 3. The zero-order valence-corrected chi connectivity index (χ0v) is 11.9. The number of fused-ring (bicyclic) bond motifs is 1. The molecule has 0 saturated carbocycles. The van der Waals surface area contributed by atoms with Gasteiger partial charge in [-0.2, -0.15) is 0 Å². The van der Waals surface area contributed by atoms with E-state index in [0.717, 1.165) is 43.1 Å². The molecule has 0 amide bonds. The summed E-state index contributed by atoms with van der Waals surface area (Å²) >= 11 is 0. The van der Waals surface area contributed by atoms with E-state index in [2.05, 4.69) is 11.9 Å². The van der Waals surface area contributed by atoms with Crippen LogP contribution in [0.25, 0.3) is 10.9 Å². The van der Waals surface area contributed by atoms with Crippen LogP contribution in [0.4, 0.5) is 5.69 Å². The molecule has 0 atom stereocenters. The summed E-state index contributed by atoms with van der Waals surface area (Å²) in [6, 6.07) is 4.98. The minimum atomic E-state index is -0.397. The quantitative estimate of drug-likeness (QED) is 0.494. The number of benzene rings is 1. The highest BCUT2D eigenvalue weighted by Crippen LogP contribution is 2.31. The number of nitro groups is 1. The number of piperidine rings is 1. The van der Waals surface area contributed by atoms with Gasteiger partial charge in [-0.25, -0.2) is 0 Å². The van der Waals surface area contributed by atoms with Crippen LogP contribution in [0.5, 0.6) is 0 Å². The van der Waals surface area contributed by atoms with Crippen molar-refractivity contribution in [3.8, 4) is 0 Å². The first kappa shape index (κ1) is 13.8. The van der Waals surface area contributed by atoms with E-state index in [1.165, 1.54) is 6.07 Å². The van der Waals surface area contributed by atoms with E-state index >= 15 is 0 Å². The van der Waals surface area contributed by atoms with Crippen molar-refractivity contribution in [2.24, 2.45) is 0 Å². The van der Waals surface area contributed by atoms with Crippen LogP contribution in [0.3, 0.4) is 0 Å². The Kier molecular flexibility index (Phi) is 3.47. The molecule has 6 heteroatoms. The molecular weight excluding hydrogens is 270 g/mol. The van der Waals surface area contributed by atoms with Crippen molar-refractivity contribution < 1.29 is 9.72 Å². The van der Waals surface area contributed by atoms with E-state index in [4.69, 9.17) is 0 Å². The maximum absolute atomic E-state index is 11.2. The van der Waals surface area contributed by atoms with Gasteiger partial charge in [0.15, 0.2) is 6.29 Å². The molecule has 6 nitrogen and oxygen atoms in total. The number of carbonyl (C=O) groups is 1. The third kappa shape index (κ3) is 2.42. The summed E-state index contributed by atoms with van der Waals surface area (Å²) < 4.78 is 2.04. The molecule has 0 radical (unpaired) electrons. The van der Waals surface area contributed by atoms with Gasteiger partial charge >= 0.3 is 0 Å². The van der Waals surface area contributed by atoms with Crippen molar-refractivity contribution in [1.29, 1.82) is 0 Å². The molecule has 1 aliphatic heterocycles. The van der Waals surface area contributed by atoms with Crippen LogP contribution in [-0.4, -0.2) is 40.8 Å². The molecule has 1 aromatic carbocycles. The highest BCUT2D eigenvalue weighted by Gasteiger charge is 2.22. The maximum Gasteiger partial charge on any atom is 0.271 e. The highest BCUT2D eigenvalue weighted by atomic mass is 16.6. The molecular formula is C15H17N3O3. The van der Waals surface area contributed by atoms with Gasteiger partial charge in [-0.05, 0) is 39.0 Å². The van der Waals surface area contributed by atoms with Gasteiger partial charge in [0, 0.05) is 35.3 Å². The topological polar surface area (TPSA) is 68.4 Å². The molecule has 110 valence electrons. The van der Waals surface area contributed by atoms with Gasteiger partial charge in [-0.1, -0.05) is 0 Å². The lowest BCUT2D eigenvalue weighted by Crippen LogP contribution is -2.31. The molecule has 21 heavy (non-hydrogen) atoms. The number of nitro benzene ring substituents is 1. The minimum Gasteiger partial charge on any atom is -0.343 e. The average molecular weight is 287 g/mol. The van der Waals surface area contributed by atoms with Crippen molar-refractivity contribution in [3.63, 3.8) is 0 Å². The van der Waals surface area contributed by atoms with Crippen LogP contribution in [0, 0.1) is 10.1 Å². The Balaban J connectivity index is 2.10. The Hall–Kier alpha value is -2.21. The summed E-state index contributed by atoms with van der Waals surface area (Å²) in [6.45, 7) is 1.99. The largest absolute Gasteiger partial charge is 0.343 e. The lowest BCUT2D eigenvalue weighted by molar-refractivity contribution is -0.384. The van der Waals surface area contributed by atoms with Crippen molar-refractivity contribution >= 4 is 22.9 Å². The number of hydrogen-bond acceptors (Lipinski definition) is 4. The van der Waals surface area contributed by atoms with Gasteiger partial charge in [0.25, 0.3) is 5.69 Å². The zero-order valence-electron chi connectivity index (χ0n) is 11.9. The first-order chi connectivity index (χ1) is 10.1. The molecule has 2 aromatic rings.